The van der Waals surface area contributed by atoms with Gasteiger partial charge in [-0.2, -0.15) is 10.2 Å². The predicted octanol–water partition coefficient (Wildman–Crippen LogP) is 4.61. The smallest absolute Gasteiger partial charge is 0.264 e. The zero-order valence-corrected chi connectivity index (χ0v) is 24.1. The molecule has 1 fully saturated rings. The minimum absolute atomic E-state index is 0.00221. The summed E-state index contributed by atoms with van der Waals surface area (Å²) in [4.78, 5) is 30.2. The molecule has 3 aliphatic heterocycles. The Morgan fingerprint density at radius 3 is 2.54 bits per heavy atom. The van der Waals surface area contributed by atoms with Gasteiger partial charge in [0.05, 0.1) is 18.8 Å². The van der Waals surface area contributed by atoms with E-state index >= 15 is 0 Å². The Bertz CT molecular complexity index is 1480. The van der Waals surface area contributed by atoms with Crippen LogP contribution in [0.3, 0.4) is 0 Å². The van der Waals surface area contributed by atoms with Crippen LogP contribution in [0.2, 0.25) is 0 Å². The molecular formula is C29H34ClF2N7O2. The van der Waals surface area contributed by atoms with Crippen molar-refractivity contribution in [3.63, 3.8) is 0 Å². The van der Waals surface area contributed by atoms with Crippen LogP contribution in [0.1, 0.15) is 61.0 Å². The SMILES string of the molecule is CC(=O)N1CCc2c(c(N3CCCc4cc(-c5cnn(C)c5)c(C(F)F)cc43)nn2C2CCN(C(=O)CCl)CC2)C1. The number of benzene rings is 1. The first-order valence-corrected chi connectivity index (χ1v) is 14.7. The third-order valence-electron chi connectivity index (χ3n) is 8.66. The molecule has 6 rings (SSSR count). The maximum Gasteiger partial charge on any atom is 0.264 e. The van der Waals surface area contributed by atoms with Gasteiger partial charge in [-0.3, -0.25) is 19.0 Å². The van der Waals surface area contributed by atoms with E-state index in [1.165, 1.54) is 0 Å². The Labute approximate surface area is 242 Å². The summed E-state index contributed by atoms with van der Waals surface area (Å²) in [7, 11) is 1.77. The average Bonchev–Trinajstić information content (AvgIpc) is 3.59. The maximum atomic E-state index is 14.4. The van der Waals surface area contributed by atoms with Crippen molar-refractivity contribution in [2.24, 2.45) is 7.05 Å². The second kappa shape index (κ2) is 11.1. The fraction of sp³-hybridized carbons (Fsp3) is 0.517. The topological polar surface area (TPSA) is 79.5 Å². The number of anilines is 2. The highest BCUT2D eigenvalue weighted by Crippen LogP contribution is 2.43. The molecular weight excluding hydrogens is 552 g/mol. The van der Waals surface area contributed by atoms with Crippen LogP contribution >= 0.6 is 11.6 Å². The molecule has 0 N–H and O–H groups in total. The van der Waals surface area contributed by atoms with Crippen LogP contribution in [-0.4, -0.2) is 73.2 Å². The standard InChI is InChI=1S/C29H34ClF2N7O2/c1-18(40)37-11-7-25-24(17-37)29(34-39(25)21-5-9-36(10-6-21)27(41)14-30)38-8-3-4-19-12-22(20-15-33-35(2)16-20)23(28(31)32)13-26(19)38/h12-13,15-16,21,28H,3-11,14,17H2,1-2H3. The second-order valence-electron chi connectivity index (χ2n) is 11.2. The van der Waals surface area contributed by atoms with E-state index in [9.17, 15) is 18.4 Å². The number of nitrogens with zero attached hydrogens (tertiary/aromatic N) is 7. The molecule has 0 saturated carbocycles. The van der Waals surface area contributed by atoms with Gasteiger partial charge < -0.3 is 14.7 Å². The summed E-state index contributed by atoms with van der Waals surface area (Å²) in [6.07, 6.45) is 4.54. The monoisotopic (exact) mass is 585 g/mol. The number of piperidine rings is 1. The minimum Gasteiger partial charge on any atom is -0.342 e. The van der Waals surface area contributed by atoms with Crippen molar-refractivity contribution in [2.45, 2.75) is 58.0 Å². The molecule has 3 aromatic rings. The lowest BCUT2D eigenvalue weighted by Crippen LogP contribution is -2.40. The van der Waals surface area contributed by atoms with Gasteiger partial charge in [-0.15, -0.1) is 11.6 Å². The summed E-state index contributed by atoms with van der Waals surface area (Å²) in [6, 6.07) is 3.61. The summed E-state index contributed by atoms with van der Waals surface area (Å²) in [6.45, 7) is 4.49. The molecule has 1 saturated heterocycles. The van der Waals surface area contributed by atoms with Gasteiger partial charge >= 0.3 is 0 Å². The quantitative estimate of drug-likeness (QED) is 0.409. The number of aryl methyl sites for hydroxylation is 2. The van der Waals surface area contributed by atoms with Crippen molar-refractivity contribution in [1.82, 2.24) is 29.4 Å². The molecule has 2 amide bonds. The lowest BCUT2D eigenvalue weighted by molar-refractivity contribution is -0.130. The van der Waals surface area contributed by atoms with E-state index in [0.29, 0.717) is 50.3 Å². The van der Waals surface area contributed by atoms with Gasteiger partial charge in [-0.05, 0) is 48.9 Å². The third kappa shape index (κ3) is 5.09. The molecule has 12 heteroatoms. The van der Waals surface area contributed by atoms with Crippen LogP contribution < -0.4 is 4.90 Å². The number of hydrogen-bond acceptors (Lipinski definition) is 5. The van der Waals surface area contributed by atoms with Crippen molar-refractivity contribution in [3.05, 3.63) is 46.9 Å². The van der Waals surface area contributed by atoms with Gasteiger partial charge in [0.15, 0.2) is 5.82 Å². The number of rotatable bonds is 5. The first-order valence-electron chi connectivity index (χ1n) is 14.2. The van der Waals surface area contributed by atoms with Crippen molar-refractivity contribution in [3.8, 4) is 11.1 Å². The average molecular weight is 586 g/mol. The molecule has 3 aliphatic rings. The van der Waals surface area contributed by atoms with E-state index in [1.807, 2.05) is 11.0 Å². The number of carbonyl (C=O) groups excluding carboxylic acids is 2. The molecule has 0 unspecified atom stereocenters. The summed E-state index contributed by atoms with van der Waals surface area (Å²) in [5, 5.41) is 9.35. The van der Waals surface area contributed by atoms with Crippen LogP contribution in [0.4, 0.5) is 20.3 Å². The number of carbonyl (C=O) groups is 2. The molecule has 5 heterocycles. The van der Waals surface area contributed by atoms with E-state index in [-0.39, 0.29) is 29.3 Å². The van der Waals surface area contributed by atoms with Crippen molar-refractivity contribution < 1.29 is 18.4 Å². The van der Waals surface area contributed by atoms with E-state index in [0.717, 1.165) is 54.0 Å². The third-order valence-corrected chi connectivity index (χ3v) is 8.89. The van der Waals surface area contributed by atoms with Gasteiger partial charge in [0, 0.05) is 80.8 Å². The maximum absolute atomic E-state index is 14.4. The van der Waals surface area contributed by atoms with Crippen LogP contribution in [0.15, 0.2) is 24.5 Å². The van der Waals surface area contributed by atoms with E-state index in [1.54, 1.807) is 42.0 Å². The molecule has 2 aromatic heterocycles. The zero-order valence-electron chi connectivity index (χ0n) is 23.3. The highest BCUT2D eigenvalue weighted by molar-refractivity contribution is 6.27. The molecule has 218 valence electrons. The lowest BCUT2D eigenvalue weighted by Gasteiger charge is -2.34. The number of amides is 2. The van der Waals surface area contributed by atoms with E-state index < -0.39 is 6.43 Å². The Morgan fingerprint density at radius 2 is 1.88 bits per heavy atom. The molecule has 0 atom stereocenters. The second-order valence-corrected chi connectivity index (χ2v) is 11.4. The van der Waals surface area contributed by atoms with Gasteiger partial charge in [0.2, 0.25) is 11.8 Å². The first-order chi connectivity index (χ1) is 19.7. The molecule has 9 nitrogen and oxygen atoms in total. The summed E-state index contributed by atoms with van der Waals surface area (Å²) >= 11 is 5.78. The number of likely N-dealkylation sites (tertiary alicyclic amines) is 1. The summed E-state index contributed by atoms with van der Waals surface area (Å²) in [5.74, 6) is 0.656. The fourth-order valence-corrected chi connectivity index (χ4v) is 6.69. The number of hydrogen-bond donors (Lipinski definition) is 0. The number of fused-ring (bicyclic) bond motifs is 2. The van der Waals surface area contributed by atoms with E-state index in [4.69, 9.17) is 16.7 Å². The normalized spacial score (nSPS) is 17.7. The Hall–Kier alpha value is -3.47. The molecule has 0 bridgehead atoms. The van der Waals surface area contributed by atoms with Crippen molar-refractivity contribution in [1.29, 1.82) is 0 Å². The van der Waals surface area contributed by atoms with Crippen LogP contribution in [-0.2, 0) is 36.0 Å². The van der Waals surface area contributed by atoms with E-state index in [2.05, 4.69) is 14.7 Å². The van der Waals surface area contributed by atoms with Gasteiger partial charge in [-0.25, -0.2) is 8.78 Å². The minimum atomic E-state index is -2.65. The highest BCUT2D eigenvalue weighted by Gasteiger charge is 2.35. The largest absolute Gasteiger partial charge is 0.342 e. The first kappa shape index (κ1) is 27.7. The summed E-state index contributed by atoms with van der Waals surface area (Å²) < 4.78 is 32.6. The van der Waals surface area contributed by atoms with Crippen LogP contribution in [0, 0.1) is 0 Å². The Balaban J connectivity index is 1.41. The number of halogens is 3. The summed E-state index contributed by atoms with van der Waals surface area (Å²) in [5.41, 5.74) is 4.95. The number of alkyl halides is 3. The van der Waals surface area contributed by atoms with Crippen molar-refractivity contribution >= 4 is 34.9 Å². The highest BCUT2D eigenvalue weighted by atomic mass is 35.5. The molecule has 0 spiro atoms. The van der Waals surface area contributed by atoms with Crippen LogP contribution in [0.25, 0.3) is 11.1 Å². The molecule has 41 heavy (non-hydrogen) atoms. The Kier molecular flexibility index (Phi) is 7.48. The lowest BCUT2D eigenvalue weighted by atomic mass is 9.92. The molecule has 1 aromatic carbocycles. The number of aromatic nitrogens is 4. The Morgan fingerprint density at radius 1 is 1.10 bits per heavy atom. The fourth-order valence-electron chi connectivity index (χ4n) is 6.52. The van der Waals surface area contributed by atoms with Crippen molar-refractivity contribution in [2.75, 3.05) is 37.0 Å². The molecule has 0 radical (unpaired) electrons. The van der Waals surface area contributed by atoms with Gasteiger partial charge in [0.25, 0.3) is 6.43 Å². The predicted molar refractivity (Wildman–Crippen MR) is 152 cm³/mol. The molecule has 0 aliphatic carbocycles. The van der Waals surface area contributed by atoms with Gasteiger partial charge in [-0.1, -0.05) is 0 Å². The zero-order chi connectivity index (χ0) is 28.8. The van der Waals surface area contributed by atoms with Gasteiger partial charge in [0.1, 0.15) is 5.88 Å². The van der Waals surface area contributed by atoms with Crippen LogP contribution in [0.5, 0.6) is 0 Å².